The second-order valence-electron chi connectivity index (χ2n) is 6.54. The van der Waals surface area contributed by atoms with Gasteiger partial charge in [-0.3, -0.25) is 4.79 Å². The van der Waals surface area contributed by atoms with E-state index in [-0.39, 0.29) is 30.2 Å². The lowest BCUT2D eigenvalue weighted by atomic mass is 10.0. The monoisotopic (exact) mass is 386 g/mol. The van der Waals surface area contributed by atoms with Crippen molar-refractivity contribution in [3.63, 3.8) is 0 Å². The number of aromatic amines is 1. The van der Waals surface area contributed by atoms with Crippen LogP contribution < -0.4 is 5.56 Å². The van der Waals surface area contributed by atoms with E-state index in [2.05, 4.69) is 4.98 Å². The van der Waals surface area contributed by atoms with Gasteiger partial charge in [0, 0.05) is 29.6 Å². The first kappa shape index (κ1) is 19.3. The summed E-state index contributed by atoms with van der Waals surface area (Å²) in [5.41, 5.74) is 2.76. The van der Waals surface area contributed by atoms with E-state index >= 15 is 0 Å². The zero-order valence-electron chi connectivity index (χ0n) is 15.3. The van der Waals surface area contributed by atoms with Gasteiger partial charge in [0.05, 0.1) is 11.5 Å². The van der Waals surface area contributed by atoms with Gasteiger partial charge in [-0.2, -0.15) is 4.31 Å². The third-order valence-corrected chi connectivity index (χ3v) is 6.33. The number of aliphatic hydroxyl groups excluding tert-OH is 1. The van der Waals surface area contributed by atoms with E-state index in [1.54, 1.807) is 24.3 Å². The predicted molar refractivity (Wildman–Crippen MR) is 105 cm³/mol. The number of aryl methyl sites for hydroxylation is 2. The molecule has 6 nitrogen and oxygen atoms in total. The Balaban J connectivity index is 2.05. The Hall–Kier alpha value is -2.48. The van der Waals surface area contributed by atoms with E-state index in [1.807, 2.05) is 26.0 Å². The molecule has 0 fully saturated rings. The van der Waals surface area contributed by atoms with Gasteiger partial charge in [0.15, 0.2) is 0 Å². The number of aliphatic hydroxyl groups is 1. The quantitative estimate of drug-likeness (QED) is 0.680. The fraction of sp³-hybridized carbons (Fsp3) is 0.250. The molecule has 3 rings (SSSR count). The van der Waals surface area contributed by atoms with Gasteiger partial charge >= 0.3 is 0 Å². The van der Waals surface area contributed by atoms with Crippen molar-refractivity contribution in [1.29, 1.82) is 0 Å². The Morgan fingerprint density at radius 3 is 2.44 bits per heavy atom. The van der Waals surface area contributed by atoms with Gasteiger partial charge in [-0.1, -0.05) is 24.3 Å². The molecule has 0 saturated carbocycles. The van der Waals surface area contributed by atoms with Crippen molar-refractivity contribution >= 4 is 20.9 Å². The predicted octanol–water partition coefficient (Wildman–Crippen LogP) is 2.33. The van der Waals surface area contributed by atoms with Crippen molar-refractivity contribution in [3.8, 4) is 0 Å². The van der Waals surface area contributed by atoms with Gasteiger partial charge in [0.1, 0.15) is 0 Å². The fourth-order valence-corrected chi connectivity index (χ4v) is 4.59. The Morgan fingerprint density at radius 2 is 1.78 bits per heavy atom. The summed E-state index contributed by atoms with van der Waals surface area (Å²) in [5, 5.41) is 10.2. The lowest BCUT2D eigenvalue weighted by Crippen LogP contribution is -2.35. The molecular formula is C20H22N2O4S. The summed E-state index contributed by atoms with van der Waals surface area (Å²) in [4.78, 5) is 15.5. The minimum absolute atomic E-state index is 0.0957. The van der Waals surface area contributed by atoms with E-state index in [4.69, 9.17) is 0 Å². The van der Waals surface area contributed by atoms with Crippen LogP contribution in [0.15, 0.2) is 58.2 Å². The molecule has 0 unspecified atom stereocenters. The van der Waals surface area contributed by atoms with Crippen LogP contribution in [-0.2, 0) is 16.6 Å². The largest absolute Gasteiger partial charge is 0.395 e. The number of rotatable bonds is 6. The second kappa shape index (κ2) is 7.64. The van der Waals surface area contributed by atoms with Gasteiger partial charge in [-0.15, -0.1) is 0 Å². The van der Waals surface area contributed by atoms with E-state index < -0.39 is 10.0 Å². The Bertz CT molecular complexity index is 1120. The maximum atomic E-state index is 12.9. The van der Waals surface area contributed by atoms with Gasteiger partial charge in [0.25, 0.3) is 5.56 Å². The molecule has 27 heavy (non-hydrogen) atoms. The van der Waals surface area contributed by atoms with Crippen LogP contribution in [0.3, 0.4) is 0 Å². The van der Waals surface area contributed by atoms with Crippen LogP contribution in [-0.4, -0.2) is 36.0 Å². The third-order valence-electron chi connectivity index (χ3n) is 4.47. The summed E-state index contributed by atoms with van der Waals surface area (Å²) in [5.74, 6) is 0. The summed E-state index contributed by atoms with van der Waals surface area (Å²) < 4.78 is 27.0. The molecule has 3 aromatic rings. The third kappa shape index (κ3) is 3.95. The molecule has 0 spiro atoms. The first-order valence-electron chi connectivity index (χ1n) is 8.62. The highest BCUT2D eigenvalue weighted by molar-refractivity contribution is 7.89. The van der Waals surface area contributed by atoms with Gasteiger partial charge < -0.3 is 10.1 Å². The molecule has 2 N–H and O–H groups in total. The second-order valence-corrected chi connectivity index (χ2v) is 8.48. The summed E-state index contributed by atoms with van der Waals surface area (Å²) in [6.07, 6.45) is 0. The number of benzene rings is 2. The standard InChI is InChI=1S/C20H22N2O4S/c1-14-10-15(2)18-12-16(20(24)21-19(18)11-14)13-22(8-9-23)27(25,26)17-6-4-3-5-7-17/h3-7,10-12,23H,8-9,13H2,1-2H3,(H,21,24). The van der Waals surface area contributed by atoms with Crippen LogP contribution in [0.25, 0.3) is 10.9 Å². The SMILES string of the molecule is Cc1cc(C)c2cc(CN(CCO)S(=O)(=O)c3ccccc3)c(=O)[nH]c2c1. The minimum atomic E-state index is -3.83. The van der Waals surface area contributed by atoms with E-state index in [9.17, 15) is 18.3 Å². The number of hydrogen-bond acceptors (Lipinski definition) is 4. The van der Waals surface area contributed by atoms with Crippen LogP contribution in [0.1, 0.15) is 16.7 Å². The molecule has 0 amide bonds. The van der Waals surface area contributed by atoms with Crippen LogP contribution in [0.5, 0.6) is 0 Å². The number of fused-ring (bicyclic) bond motifs is 1. The maximum Gasteiger partial charge on any atom is 0.252 e. The van der Waals surface area contributed by atoms with Crippen molar-refractivity contribution < 1.29 is 13.5 Å². The Morgan fingerprint density at radius 1 is 1.07 bits per heavy atom. The molecule has 2 aromatic carbocycles. The van der Waals surface area contributed by atoms with E-state index in [0.717, 1.165) is 26.3 Å². The Labute approximate surface area is 158 Å². The number of nitrogens with zero attached hydrogens (tertiary/aromatic N) is 1. The van der Waals surface area contributed by atoms with Crippen molar-refractivity contribution in [3.05, 3.63) is 75.6 Å². The first-order chi connectivity index (χ1) is 12.8. The lowest BCUT2D eigenvalue weighted by Gasteiger charge is -2.21. The number of aromatic nitrogens is 1. The topological polar surface area (TPSA) is 90.5 Å². The number of hydrogen-bond donors (Lipinski definition) is 2. The molecule has 0 saturated heterocycles. The minimum Gasteiger partial charge on any atom is -0.395 e. The number of pyridine rings is 1. The number of H-pyrrole nitrogens is 1. The lowest BCUT2D eigenvalue weighted by molar-refractivity contribution is 0.251. The molecule has 1 heterocycles. The molecule has 0 aliphatic rings. The smallest absolute Gasteiger partial charge is 0.252 e. The summed E-state index contributed by atoms with van der Waals surface area (Å²) in [6, 6.07) is 13.6. The van der Waals surface area contributed by atoms with Crippen molar-refractivity contribution in [2.75, 3.05) is 13.2 Å². The molecule has 0 atom stereocenters. The van der Waals surface area contributed by atoms with Crippen LogP contribution in [0, 0.1) is 13.8 Å². The first-order valence-corrected chi connectivity index (χ1v) is 10.1. The molecule has 142 valence electrons. The zero-order valence-corrected chi connectivity index (χ0v) is 16.1. The maximum absolute atomic E-state index is 12.9. The van der Waals surface area contributed by atoms with Crippen molar-refractivity contribution in [2.24, 2.45) is 0 Å². The van der Waals surface area contributed by atoms with Gasteiger partial charge in [0.2, 0.25) is 10.0 Å². The van der Waals surface area contributed by atoms with Crippen LogP contribution in [0.4, 0.5) is 0 Å². The average Bonchev–Trinajstić information content (AvgIpc) is 2.63. The summed E-state index contributed by atoms with van der Waals surface area (Å²) in [6.45, 7) is 3.35. The molecule has 0 bridgehead atoms. The summed E-state index contributed by atoms with van der Waals surface area (Å²) >= 11 is 0. The molecule has 7 heteroatoms. The molecule has 0 radical (unpaired) electrons. The number of sulfonamides is 1. The van der Waals surface area contributed by atoms with Gasteiger partial charge in [-0.05, 0) is 49.2 Å². The fourth-order valence-electron chi connectivity index (χ4n) is 3.16. The Kier molecular flexibility index (Phi) is 5.46. The number of nitrogens with one attached hydrogen (secondary N) is 1. The normalized spacial score (nSPS) is 12.0. The molecular weight excluding hydrogens is 364 g/mol. The zero-order chi connectivity index (χ0) is 19.6. The molecule has 0 aliphatic heterocycles. The van der Waals surface area contributed by atoms with Crippen molar-refractivity contribution in [2.45, 2.75) is 25.3 Å². The highest BCUT2D eigenvalue weighted by Gasteiger charge is 2.25. The highest BCUT2D eigenvalue weighted by atomic mass is 32.2. The van der Waals surface area contributed by atoms with Crippen molar-refractivity contribution in [1.82, 2.24) is 9.29 Å². The van der Waals surface area contributed by atoms with Gasteiger partial charge in [-0.25, -0.2) is 8.42 Å². The molecule has 1 aromatic heterocycles. The van der Waals surface area contributed by atoms with Crippen LogP contribution in [0.2, 0.25) is 0 Å². The summed E-state index contributed by atoms with van der Waals surface area (Å²) in [7, 11) is -3.83. The van der Waals surface area contributed by atoms with Crippen LogP contribution >= 0.6 is 0 Å². The van der Waals surface area contributed by atoms with E-state index in [1.165, 1.54) is 12.1 Å². The van der Waals surface area contributed by atoms with E-state index in [0.29, 0.717) is 5.56 Å². The highest BCUT2D eigenvalue weighted by Crippen LogP contribution is 2.21. The average molecular weight is 386 g/mol. The molecule has 0 aliphatic carbocycles.